The Kier molecular flexibility index (Phi) is 6.33. The van der Waals surface area contributed by atoms with Crippen molar-refractivity contribution in [1.82, 2.24) is 15.5 Å². The lowest BCUT2D eigenvalue weighted by Crippen LogP contribution is -2.39. The van der Waals surface area contributed by atoms with Gasteiger partial charge in [0.1, 0.15) is 0 Å². The summed E-state index contributed by atoms with van der Waals surface area (Å²) in [5.41, 5.74) is 1.31. The fourth-order valence-corrected chi connectivity index (χ4v) is 3.31. The molecule has 1 aliphatic heterocycles. The van der Waals surface area contributed by atoms with E-state index >= 15 is 0 Å². The van der Waals surface area contributed by atoms with Gasteiger partial charge in [-0.1, -0.05) is 6.92 Å². The molecule has 20 heavy (non-hydrogen) atoms. The van der Waals surface area contributed by atoms with Gasteiger partial charge in [0, 0.05) is 26.7 Å². The van der Waals surface area contributed by atoms with Crippen LogP contribution in [0.2, 0.25) is 0 Å². The van der Waals surface area contributed by atoms with Crippen molar-refractivity contribution >= 4 is 17.3 Å². The van der Waals surface area contributed by atoms with E-state index in [4.69, 9.17) is 0 Å². The molecule has 0 aliphatic carbocycles. The standard InChI is InChI=1S/C15H26N4S/c1-3-6-19-7-4-13(11-19)9-17-15(16-2)18-10-14-5-8-20-12-14/h5,8,12-13H,3-4,6-7,9-11H2,1-2H3,(H2,16,17,18). The zero-order valence-corrected chi connectivity index (χ0v) is 13.4. The van der Waals surface area contributed by atoms with Crippen molar-refractivity contribution in [3.8, 4) is 0 Å². The molecule has 0 bridgehead atoms. The van der Waals surface area contributed by atoms with Gasteiger partial charge in [-0.2, -0.15) is 11.3 Å². The highest BCUT2D eigenvalue weighted by Gasteiger charge is 2.21. The summed E-state index contributed by atoms with van der Waals surface area (Å²) in [7, 11) is 1.83. The minimum absolute atomic E-state index is 0.751. The Balaban J connectivity index is 1.66. The van der Waals surface area contributed by atoms with Crippen LogP contribution in [-0.2, 0) is 6.54 Å². The van der Waals surface area contributed by atoms with Gasteiger partial charge in [0.2, 0.25) is 0 Å². The maximum absolute atomic E-state index is 4.29. The molecule has 1 atom stereocenters. The Labute approximate surface area is 126 Å². The Morgan fingerprint density at radius 2 is 2.40 bits per heavy atom. The van der Waals surface area contributed by atoms with Crippen molar-refractivity contribution in [2.75, 3.05) is 33.2 Å². The first-order chi connectivity index (χ1) is 9.81. The molecule has 2 rings (SSSR count). The maximum Gasteiger partial charge on any atom is 0.191 e. The number of rotatable bonds is 6. The van der Waals surface area contributed by atoms with Crippen LogP contribution in [0.4, 0.5) is 0 Å². The maximum atomic E-state index is 4.29. The van der Waals surface area contributed by atoms with Crippen LogP contribution in [0.3, 0.4) is 0 Å². The molecule has 0 spiro atoms. The summed E-state index contributed by atoms with van der Waals surface area (Å²) in [5.74, 6) is 1.66. The SMILES string of the molecule is CCCN1CCC(CNC(=NC)NCc2ccsc2)C1. The lowest BCUT2D eigenvalue weighted by Gasteiger charge is -2.16. The summed E-state index contributed by atoms with van der Waals surface area (Å²) in [4.78, 5) is 6.85. The van der Waals surface area contributed by atoms with Gasteiger partial charge in [0.25, 0.3) is 0 Å². The molecule has 2 N–H and O–H groups in total. The molecular weight excluding hydrogens is 268 g/mol. The molecule has 1 aromatic heterocycles. The van der Waals surface area contributed by atoms with Crippen LogP contribution in [0, 0.1) is 5.92 Å². The largest absolute Gasteiger partial charge is 0.356 e. The van der Waals surface area contributed by atoms with Crippen molar-refractivity contribution in [1.29, 1.82) is 0 Å². The number of nitrogens with zero attached hydrogens (tertiary/aromatic N) is 2. The zero-order valence-electron chi connectivity index (χ0n) is 12.6. The Hall–Kier alpha value is -1.07. The molecule has 0 aromatic carbocycles. The first-order valence-electron chi connectivity index (χ1n) is 7.49. The van der Waals surface area contributed by atoms with Crippen LogP contribution in [-0.4, -0.2) is 44.1 Å². The summed E-state index contributed by atoms with van der Waals surface area (Å²) in [6, 6.07) is 2.14. The third-order valence-corrected chi connectivity index (χ3v) is 4.46. The van der Waals surface area contributed by atoms with E-state index in [1.54, 1.807) is 11.3 Å². The normalized spacial score (nSPS) is 20.3. The van der Waals surface area contributed by atoms with E-state index in [-0.39, 0.29) is 0 Å². The average Bonchev–Trinajstić information content (AvgIpc) is 3.11. The third kappa shape index (κ3) is 4.80. The van der Waals surface area contributed by atoms with E-state index in [1.807, 2.05) is 7.05 Å². The van der Waals surface area contributed by atoms with Crippen molar-refractivity contribution in [2.45, 2.75) is 26.3 Å². The number of likely N-dealkylation sites (tertiary alicyclic amines) is 1. The van der Waals surface area contributed by atoms with Crippen LogP contribution < -0.4 is 10.6 Å². The van der Waals surface area contributed by atoms with Crippen LogP contribution in [0.25, 0.3) is 0 Å². The molecular formula is C15H26N4S. The van der Waals surface area contributed by atoms with Gasteiger partial charge in [-0.25, -0.2) is 0 Å². The zero-order chi connectivity index (χ0) is 14.2. The highest BCUT2D eigenvalue weighted by Crippen LogP contribution is 2.15. The number of guanidine groups is 1. The van der Waals surface area contributed by atoms with Gasteiger partial charge < -0.3 is 15.5 Å². The molecule has 1 aliphatic rings. The molecule has 0 radical (unpaired) electrons. The predicted molar refractivity (Wildman–Crippen MR) is 87.4 cm³/mol. The minimum Gasteiger partial charge on any atom is -0.356 e. The Morgan fingerprint density at radius 3 is 3.10 bits per heavy atom. The molecule has 0 amide bonds. The second-order valence-corrected chi connectivity index (χ2v) is 6.17. The quantitative estimate of drug-likeness (QED) is 0.624. The summed E-state index contributed by atoms with van der Waals surface area (Å²) >= 11 is 1.73. The number of hydrogen-bond acceptors (Lipinski definition) is 3. The monoisotopic (exact) mass is 294 g/mol. The molecule has 1 fully saturated rings. The van der Waals surface area contributed by atoms with Crippen LogP contribution in [0.15, 0.2) is 21.8 Å². The van der Waals surface area contributed by atoms with E-state index in [0.717, 1.165) is 25.0 Å². The van der Waals surface area contributed by atoms with E-state index in [2.05, 4.69) is 44.3 Å². The van der Waals surface area contributed by atoms with Crippen molar-refractivity contribution < 1.29 is 0 Å². The molecule has 1 unspecified atom stereocenters. The molecule has 2 heterocycles. The highest BCUT2D eigenvalue weighted by atomic mass is 32.1. The fourth-order valence-electron chi connectivity index (χ4n) is 2.64. The van der Waals surface area contributed by atoms with Gasteiger partial charge in [-0.3, -0.25) is 4.99 Å². The van der Waals surface area contributed by atoms with Crippen LogP contribution in [0.1, 0.15) is 25.3 Å². The van der Waals surface area contributed by atoms with Crippen LogP contribution in [0.5, 0.6) is 0 Å². The van der Waals surface area contributed by atoms with Gasteiger partial charge in [-0.05, 0) is 54.2 Å². The number of thiophene rings is 1. The van der Waals surface area contributed by atoms with Gasteiger partial charge in [0.05, 0.1) is 0 Å². The van der Waals surface area contributed by atoms with E-state index in [9.17, 15) is 0 Å². The summed E-state index contributed by atoms with van der Waals surface area (Å²) in [5, 5.41) is 11.1. The van der Waals surface area contributed by atoms with Crippen LogP contribution >= 0.6 is 11.3 Å². The summed E-state index contributed by atoms with van der Waals surface area (Å²) < 4.78 is 0. The molecule has 0 saturated carbocycles. The molecule has 5 heteroatoms. The van der Waals surface area contributed by atoms with Crippen molar-refractivity contribution in [3.05, 3.63) is 22.4 Å². The second kappa shape index (κ2) is 8.27. The number of nitrogens with one attached hydrogen (secondary N) is 2. The number of hydrogen-bond donors (Lipinski definition) is 2. The minimum atomic E-state index is 0.751. The average molecular weight is 294 g/mol. The third-order valence-electron chi connectivity index (χ3n) is 3.73. The van der Waals surface area contributed by atoms with E-state index in [0.29, 0.717) is 0 Å². The lowest BCUT2D eigenvalue weighted by molar-refractivity contribution is 0.324. The molecule has 112 valence electrons. The smallest absolute Gasteiger partial charge is 0.191 e. The van der Waals surface area contributed by atoms with E-state index < -0.39 is 0 Å². The van der Waals surface area contributed by atoms with Gasteiger partial charge in [0.15, 0.2) is 5.96 Å². The van der Waals surface area contributed by atoms with Crippen molar-refractivity contribution in [2.24, 2.45) is 10.9 Å². The summed E-state index contributed by atoms with van der Waals surface area (Å²) in [6.45, 7) is 7.83. The highest BCUT2D eigenvalue weighted by molar-refractivity contribution is 7.07. The first-order valence-corrected chi connectivity index (χ1v) is 8.44. The predicted octanol–water partition coefficient (Wildman–Crippen LogP) is 2.14. The fraction of sp³-hybridized carbons (Fsp3) is 0.667. The topological polar surface area (TPSA) is 39.7 Å². The first kappa shape index (κ1) is 15.3. The molecule has 1 saturated heterocycles. The lowest BCUT2D eigenvalue weighted by atomic mass is 10.1. The van der Waals surface area contributed by atoms with Gasteiger partial charge in [-0.15, -0.1) is 0 Å². The number of aliphatic imine (C=N–C) groups is 1. The Morgan fingerprint density at radius 1 is 1.50 bits per heavy atom. The molecule has 4 nitrogen and oxygen atoms in total. The molecule has 1 aromatic rings. The second-order valence-electron chi connectivity index (χ2n) is 5.39. The van der Waals surface area contributed by atoms with Crippen molar-refractivity contribution in [3.63, 3.8) is 0 Å². The Bertz CT molecular complexity index is 402. The van der Waals surface area contributed by atoms with Gasteiger partial charge >= 0.3 is 0 Å². The van der Waals surface area contributed by atoms with E-state index in [1.165, 1.54) is 38.0 Å². The summed E-state index contributed by atoms with van der Waals surface area (Å²) in [6.07, 6.45) is 2.55.